The van der Waals surface area contributed by atoms with Gasteiger partial charge in [-0.2, -0.15) is 8.42 Å². The lowest BCUT2D eigenvalue weighted by Gasteiger charge is -2.09. The Bertz CT molecular complexity index is 627. The number of hydrogen-bond donors (Lipinski definition) is 2. The van der Waals surface area contributed by atoms with Crippen LogP contribution in [-0.4, -0.2) is 18.1 Å². The zero-order valence-electron chi connectivity index (χ0n) is 16.8. The van der Waals surface area contributed by atoms with Crippen molar-refractivity contribution in [3.05, 3.63) is 23.8 Å². The Hall–Kier alpha value is -1.27. The van der Waals surface area contributed by atoms with Gasteiger partial charge in [0.2, 0.25) is 0 Å². The third kappa shape index (κ3) is 12.7. The van der Waals surface area contributed by atoms with Crippen LogP contribution in [0.5, 0.6) is 11.5 Å². The fraction of sp³-hybridized carbons (Fsp3) is 0.714. The highest BCUT2D eigenvalue weighted by Crippen LogP contribution is 2.24. The highest BCUT2D eigenvalue weighted by Gasteiger charge is 2.09. The number of hydrogen-bond acceptors (Lipinski definition) is 4. The van der Waals surface area contributed by atoms with E-state index in [0.717, 1.165) is 30.7 Å². The van der Waals surface area contributed by atoms with E-state index in [1.54, 1.807) is 6.07 Å². The standard InChI is InChI=1S/C21H36O5S/c1-3-12-18(2)13-10-8-6-4-5-7-9-11-14-19-15-20(22)17-21(16-19)26-27(23,24)25/h15-18,22H,3-14H2,1-2H3,(H,23,24,25)/t18-/m0/s1. The third-order valence-electron chi connectivity index (χ3n) is 4.85. The predicted molar refractivity (Wildman–Crippen MR) is 110 cm³/mol. The summed E-state index contributed by atoms with van der Waals surface area (Å²) in [5, 5.41) is 9.64. The average Bonchev–Trinajstić information content (AvgIpc) is 2.54. The van der Waals surface area contributed by atoms with Gasteiger partial charge in [0.25, 0.3) is 0 Å². The van der Waals surface area contributed by atoms with Crippen molar-refractivity contribution in [2.75, 3.05) is 0 Å². The van der Waals surface area contributed by atoms with Gasteiger partial charge in [0.1, 0.15) is 11.5 Å². The van der Waals surface area contributed by atoms with E-state index in [9.17, 15) is 13.5 Å². The third-order valence-corrected chi connectivity index (χ3v) is 5.25. The molecule has 27 heavy (non-hydrogen) atoms. The van der Waals surface area contributed by atoms with Crippen molar-refractivity contribution < 1.29 is 22.3 Å². The number of aromatic hydroxyl groups is 1. The molecule has 1 aromatic carbocycles. The number of phenols is 1. The largest absolute Gasteiger partial charge is 0.508 e. The lowest BCUT2D eigenvalue weighted by atomic mass is 9.98. The maximum absolute atomic E-state index is 10.8. The zero-order chi connectivity index (χ0) is 20.1. The molecule has 0 saturated carbocycles. The molecule has 156 valence electrons. The van der Waals surface area contributed by atoms with Crippen LogP contribution in [0.25, 0.3) is 0 Å². The second kappa shape index (κ2) is 13.0. The first-order chi connectivity index (χ1) is 12.8. The molecule has 5 nitrogen and oxygen atoms in total. The Morgan fingerprint density at radius 3 is 2.11 bits per heavy atom. The molecule has 0 aliphatic heterocycles. The lowest BCUT2D eigenvalue weighted by Crippen LogP contribution is -2.06. The Morgan fingerprint density at radius 1 is 0.926 bits per heavy atom. The first kappa shape index (κ1) is 23.8. The quantitative estimate of drug-likeness (QED) is 0.276. The predicted octanol–water partition coefficient (Wildman–Crippen LogP) is 6.06. The fourth-order valence-electron chi connectivity index (χ4n) is 3.48. The normalized spacial score (nSPS) is 12.9. The molecule has 1 atom stereocenters. The first-order valence-corrected chi connectivity index (χ1v) is 11.7. The van der Waals surface area contributed by atoms with Gasteiger partial charge in [-0.15, -0.1) is 0 Å². The Labute approximate surface area is 165 Å². The van der Waals surface area contributed by atoms with Gasteiger partial charge < -0.3 is 9.29 Å². The van der Waals surface area contributed by atoms with Gasteiger partial charge in [0, 0.05) is 6.07 Å². The molecule has 0 bridgehead atoms. The maximum Gasteiger partial charge on any atom is 0.446 e. The minimum absolute atomic E-state index is 0.0687. The van der Waals surface area contributed by atoms with Gasteiger partial charge in [-0.25, -0.2) is 0 Å². The van der Waals surface area contributed by atoms with Crippen LogP contribution in [0, 0.1) is 5.92 Å². The van der Waals surface area contributed by atoms with Crippen molar-refractivity contribution >= 4 is 10.4 Å². The summed E-state index contributed by atoms with van der Waals surface area (Å²) in [4.78, 5) is 0. The first-order valence-electron chi connectivity index (χ1n) is 10.3. The molecule has 0 aliphatic carbocycles. The molecule has 1 aromatic rings. The van der Waals surface area contributed by atoms with Crippen molar-refractivity contribution in [2.45, 2.75) is 90.9 Å². The van der Waals surface area contributed by atoms with Gasteiger partial charge in [0.15, 0.2) is 0 Å². The van der Waals surface area contributed by atoms with Gasteiger partial charge in [-0.1, -0.05) is 78.1 Å². The van der Waals surface area contributed by atoms with E-state index in [-0.39, 0.29) is 11.5 Å². The highest BCUT2D eigenvalue weighted by molar-refractivity contribution is 7.81. The van der Waals surface area contributed by atoms with Gasteiger partial charge >= 0.3 is 10.4 Å². The zero-order valence-corrected chi connectivity index (χ0v) is 17.6. The van der Waals surface area contributed by atoms with Crippen molar-refractivity contribution in [2.24, 2.45) is 5.92 Å². The van der Waals surface area contributed by atoms with Crippen LogP contribution in [0.3, 0.4) is 0 Å². The van der Waals surface area contributed by atoms with Crippen molar-refractivity contribution in [3.8, 4) is 11.5 Å². The fourth-order valence-corrected chi connectivity index (χ4v) is 3.82. The molecule has 0 aliphatic rings. The summed E-state index contributed by atoms with van der Waals surface area (Å²) in [5.74, 6) is 0.732. The van der Waals surface area contributed by atoms with E-state index >= 15 is 0 Å². The summed E-state index contributed by atoms with van der Waals surface area (Å²) in [7, 11) is -4.57. The molecular weight excluding hydrogens is 364 g/mol. The Kier molecular flexibility index (Phi) is 11.4. The highest BCUT2D eigenvalue weighted by atomic mass is 32.3. The van der Waals surface area contributed by atoms with Gasteiger partial charge in [-0.05, 0) is 36.5 Å². The number of aryl methyl sites for hydroxylation is 1. The van der Waals surface area contributed by atoms with Crippen molar-refractivity contribution in [1.29, 1.82) is 0 Å². The average molecular weight is 401 g/mol. The van der Waals surface area contributed by atoms with E-state index in [2.05, 4.69) is 18.0 Å². The van der Waals surface area contributed by atoms with Crippen molar-refractivity contribution in [1.82, 2.24) is 0 Å². The van der Waals surface area contributed by atoms with E-state index < -0.39 is 10.4 Å². The molecule has 0 radical (unpaired) electrons. The summed E-state index contributed by atoms with van der Waals surface area (Å²) in [6.07, 6.45) is 14.6. The minimum atomic E-state index is -4.57. The molecule has 0 aromatic heterocycles. The van der Waals surface area contributed by atoms with E-state index in [1.807, 2.05) is 0 Å². The minimum Gasteiger partial charge on any atom is -0.508 e. The molecule has 0 amide bonds. The van der Waals surface area contributed by atoms with Crippen LogP contribution in [0.4, 0.5) is 0 Å². The molecule has 0 fully saturated rings. The summed E-state index contributed by atoms with van der Waals surface area (Å²) in [6, 6.07) is 4.30. The maximum atomic E-state index is 10.8. The molecule has 0 saturated heterocycles. The second-order valence-corrected chi connectivity index (χ2v) is 8.63. The van der Waals surface area contributed by atoms with Crippen LogP contribution in [0.2, 0.25) is 0 Å². The molecule has 2 N–H and O–H groups in total. The van der Waals surface area contributed by atoms with Crippen molar-refractivity contribution in [3.63, 3.8) is 0 Å². The van der Waals surface area contributed by atoms with Crippen LogP contribution < -0.4 is 4.18 Å². The van der Waals surface area contributed by atoms with Crippen LogP contribution in [0.1, 0.15) is 90.0 Å². The SMILES string of the molecule is CCC[C@H](C)CCCCCCCCCCc1cc(O)cc(OS(=O)(=O)O)c1. The Morgan fingerprint density at radius 2 is 1.52 bits per heavy atom. The van der Waals surface area contributed by atoms with E-state index in [0.29, 0.717) is 0 Å². The van der Waals surface area contributed by atoms with Gasteiger partial charge in [-0.3, -0.25) is 4.55 Å². The van der Waals surface area contributed by atoms with Crippen LogP contribution in [-0.2, 0) is 16.8 Å². The van der Waals surface area contributed by atoms with E-state index in [4.69, 9.17) is 4.55 Å². The second-order valence-electron chi connectivity index (χ2n) is 7.61. The van der Waals surface area contributed by atoms with Crippen LogP contribution in [0.15, 0.2) is 18.2 Å². The number of phenolic OH excluding ortho intramolecular Hbond substituents is 1. The molecule has 0 unspecified atom stereocenters. The lowest BCUT2D eigenvalue weighted by molar-refractivity contribution is 0.385. The summed E-state index contributed by atoms with van der Waals surface area (Å²) >= 11 is 0. The smallest absolute Gasteiger partial charge is 0.446 e. The monoisotopic (exact) mass is 400 g/mol. The molecule has 6 heteroatoms. The molecule has 0 spiro atoms. The molecular formula is C21H36O5S. The summed E-state index contributed by atoms with van der Waals surface area (Å²) < 4.78 is 34.7. The van der Waals surface area contributed by atoms with E-state index in [1.165, 1.54) is 69.9 Å². The van der Waals surface area contributed by atoms with Crippen LogP contribution >= 0.6 is 0 Å². The number of benzene rings is 1. The number of rotatable bonds is 15. The Balaban J connectivity index is 2.11. The summed E-state index contributed by atoms with van der Waals surface area (Å²) in [6.45, 7) is 4.61. The van der Waals surface area contributed by atoms with Gasteiger partial charge in [0.05, 0.1) is 0 Å². The molecule has 1 rings (SSSR count). The summed E-state index contributed by atoms with van der Waals surface area (Å²) in [5.41, 5.74) is 0.801. The topological polar surface area (TPSA) is 83.8 Å². The number of unbranched alkanes of at least 4 members (excludes halogenated alkanes) is 7. The molecule has 0 heterocycles.